The highest BCUT2D eigenvalue weighted by molar-refractivity contribution is 5.85. The molecule has 214 valence electrons. The Kier molecular flexibility index (Phi) is 6.93. The number of pyridine rings is 1. The van der Waals surface area contributed by atoms with E-state index in [0.717, 1.165) is 85.7 Å². The first-order chi connectivity index (χ1) is 20.0. The zero-order valence-electron chi connectivity index (χ0n) is 23.5. The minimum absolute atomic E-state index is 0.0798. The summed E-state index contributed by atoms with van der Waals surface area (Å²) in [6.07, 6.45) is 2.11. The molecule has 0 radical (unpaired) electrons. The summed E-state index contributed by atoms with van der Waals surface area (Å²) in [4.78, 5) is 21.7. The van der Waals surface area contributed by atoms with Crippen LogP contribution in [0, 0.1) is 13.8 Å². The number of ether oxygens (including phenoxy) is 3. The minimum atomic E-state index is -0.382. The van der Waals surface area contributed by atoms with Crippen LogP contribution in [0.2, 0.25) is 0 Å². The Balaban J connectivity index is 1.19. The molecule has 2 aromatic heterocycles. The van der Waals surface area contributed by atoms with Crippen LogP contribution in [0.25, 0.3) is 10.9 Å². The van der Waals surface area contributed by atoms with Crippen LogP contribution in [0.1, 0.15) is 47.0 Å². The van der Waals surface area contributed by atoms with Gasteiger partial charge in [-0.3, -0.25) is 14.6 Å². The van der Waals surface area contributed by atoms with Gasteiger partial charge in [0.1, 0.15) is 6.04 Å². The summed E-state index contributed by atoms with van der Waals surface area (Å²) >= 11 is 0. The molecule has 0 unspecified atom stereocenters. The van der Waals surface area contributed by atoms with Crippen molar-refractivity contribution < 1.29 is 14.2 Å². The van der Waals surface area contributed by atoms with Crippen molar-refractivity contribution in [1.29, 1.82) is 0 Å². The van der Waals surface area contributed by atoms with E-state index in [1.807, 2.05) is 29.8 Å². The Bertz CT molecular complexity index is 1620. The molecular formula is C30H35N7O4. The molecule has 3 aliphatic heterocycles. The number of rotatable bonds is 7. The summed E-state index contributed by atoms with van der Waals surface area (Å²) in [5.74, 6) is 2.29. The Morgan fingerprint density at radius 1 is 1.02 bits per heavy atom. The van der Waals surface area contributed by atoms with Gasteiger partial charge in [-0.25, -0.2) is 4.68 Å². The number of tetrazole rings is 1. The Morgan fingerprint density at radius 3 is 2.68 bits per heavy atom. The number of hydrogen-bond donors (Lipinski definition) is 1. The molecule has 5 heterocycles. The summed E-state index contributed by atoms with van der Waals surface area (Å²) in [5, 5.41) is 14.0. The van der Waals surface area contributed by atoms with E-state index in [1.165, 1.54) is 5.56 Å². The number of H-pyrrole nitrogens is 1. The highest BCUT2D eigenvalue weighted by Gasteiger charge is 2.34. The number of nitrogens with zero attached hydrogens (tertiary/aromatic N) is 6. The lowest BCUT2D eigenvalue weighted by atomic mass is 9.99. The lowest BCUT2D eigenvalue weighted by molar-refractivity contribution is 0.0840. The maximum absolute atomic E-state index is 13.7. The van der Waals surface area contributed by atoms with Crippen molar-refractivity contribution in [2.24, 2.45) is 0 Å². The number of piperazine rings is 1. The zero-order chi connectivity index (χ0) is 27.9. The number of aryl methyl sites for hydroxylation is 2. The molecule has 1 N–H and O–H groups in total. The van der Waals surface area contributed by atoms with Crippen LogP contribution in [0.3, 0.4) is 0 Å². The van der Waals surface area contributed by atoms with Gasteiger partial charge in [-0.1, -0.05) is 18.2 Å². The molecule has 11 nitrogen and oxygen atoms in total. The lowest BCUT2D eigenvalue weighted by Crippen LogP contribution is -2.48. The monoisotopic (exact) mass is 557 g/mol. The van der Waals surface area contributed by atoms with Gasteiger partial charge in [0, 0.05) is 50.3 Å². The minimum Gasteiger partial charge on any atom is -0.454 e. The summed E-state index contributed by atoms with van der Waals surface area (Å²) in [5.41, 5.74) is 4.80. The predicted octanol–water partition coefficient (Wildman–Crippen LogP) is 2.95. The summed E-state index contributed by atoms with van der Waals surface area (Å²) in [7, 11) is 0. The predicted molar refractivity (Wildman–Crippen MR) is 152 cm³/mol. The van der Waals surface area contributed by atoms with Gasteiger partial charge in [-0.05, 0) is 72.0 Å². The van der Waals surface area contributed by atoms with Gasteiger partial charge < -0.3 is 19.2 Å². The van der Waals surface area contributed by atoms with Crippen LogP contribution in [-0.4, -0.2) is 80.7 Å². The topological polar surface area (TPSA) is 111 Å². The maximum atomic E-state index is 13.7. The van der Waals surface area contributed by atoms with Gasteiger partial charge in [0.15, 0.2) is 17.3 Å². The smallest absolute Gasteiger partial charge is 0.253 e. The van der Waals surface area contributed by atoms with Crippen molar-refractivity contribution in [1.82, 2.24) is 35.0 Å². The first-order valence-electron chi connectivity index (χ1n) is 14.4. The van der Waals surface area contributed by atoms with E-state index in [4.69, 9.17) is 14.2 Å². The molecule has 7 rings (SSSR count). The van der Waals surface area contributed by atoms with Gasteiger partial charge in [-0.15, -0.1) is 5.10 Å². The summed E-state index contributed by atoms with van der Waals surface area (Å²) in [6.45, 7) is 9.78. The van der Waals surface area contributed by atoms with Crippen LogP contribution in [-0.2, 0) is 17.8 Å². The van der Waals surface area contributed by atoms with Gasteiger partial charge in [0.25, 0.3) is 5.56 Å². The van der Waals surface area contributed by atoms with Gasteiger partial charge in [-0.2, -0.15) is 0 Å². The van der Waals surface area contributed by atoms with Gasteiger partial charge in [0.05, 0.1) is 18.2 Å². The molecule has 0 saturated carbocycles. The first-order valence-corrected chi connectivity index (χ1v) is 14.4. The molecule has 2 fully saturated rings. The molecule has 2 aromatic carbocycles. The molecule has 2 saturated heterocycles. The van der Waals surface area contributed by atoms with E-state index in [1.54, 1.807) is 0 Å². The van der Waals surface area contributed by atoms with Crippen LogP contribution < -0.4 is 15.0 Å². The van der Waals surface area contributed by atoms with Crippen LogP contribution in [0.15, 0.2) is 41.2 Å². The third kappa shape index (κ3) is 5.09. The molecule has 0 bridgehead atoms. The fraction of sp³-hybridized carbons (Fsp3) is 0.467. The molecule has 0 spiro atoms. The van der Waals surface area contributed by atoms with Crippen LogP contribution in [0.5, 0.6) is 11.5 Å². The van der Waals surface area contributed by atoms with E-state index in [0.29, 0.717) is 17.9 Å². The molecule has 0 aliphatic carbocycles. The quantitative estimate of drug-likeness (QED) is 0.367. The van der Waals surface area contributed by atoms with Crippen molar-refractivity contribution in [2.45, 2.75) is 51.9 Å². The molecule has 2 atom stereocenters. The second-order valence-corrected chi connectivity index (χ2v) is 11.3. The Hall–Kier alpha value is -3.80. The van der Waals surface area contributed by atoms with Crippen LogP contribution >= 0.6 is 0 Å². The molecule has 4 aromatic rings. The van der Waals surface area contributed by atoms with E-state index < -0.39 is 0 Å². The second kappa shape index (κ2) is 10.9. The molecule has 41 heavy (non-hydrogen) atoms. The Labute approximate surface area is 238 Å². The number of aromatic nitrogens is 5. The SMILES string of the molecule is Cc1ccc(C)c2[nH]c(=O)c([C@@H](c3nnnn3C[C@@H]3CCCO3)N3CCN(Cc4ccc5c(c4)OCO5)CC3)cc12. The average Bonchev–Trinajstić information content (AvgIpc) is 3.76. The molecule has 11 heteroatoms. The lowest BCUT2D eigenvalue weighted by Gasteiger charge is -2.38. The number of fused-ring (bicyclic) bond motifs is 2. The summed E-state index contributed by atoms with van der Waals surface area (Å²) < 4.78 is 18.8. The van der Waals surface area contributed by atoms with E-state index in [9.17, 15) is 4.79 Å². The Morgan fingerprint density at radius 2 is 1.85 bits per heavy atom. The van der Waals surface area contributed by atoms with E-state index in [-0.39, 0.29) is 24.5 Å². The fourth-order valence-corrected chi connectivity index (χ4v) is 6.29. The van der Waals surface area contributed by atoms with Crippen LogP contribution in [0.4, 0.5) is 0 Å². The van der Waals surface area contributed by atoms with Gasteiger partial charge >= 0.3 is 0 Å². The van der Waals surface area contributed by atoms with Crippen molar-refractivity contribution in [3.8, 4) is 11.5 Å². The van der Waals surface area contributed by atoms with Crippen molar-refractivity contribution in [2.75, 3.05) is 39.6 Å². The van der Waals surface area contributed by atoms with Crippen molar-refractivity contribution in [3.63, 3.8) is 0 Å². The average molecular weight is 558 g/mol. The van der Waals surface area contributed by atoms with Crippen molar-refractivity contribution >= 4 is 10.9 Å². The molecule has 0 amide bonds. The van der Waals surface area contributed by atoms with E-state index >= 15 is 0 Å². The first kappa shape index (κ1) is 26.1. The molecular weight excluding hydrogens is 522 g/mol. The second-order valence-electron chi connectivity index (χ2n) is 11.3. The maximum Gasteiger partial charge on any atom is 0.253 e. The highest BCUT2D eigenvalue weighted by atomic mass is 16.7. The third-order valence-corrected chi connectivity index (χ3v) is 8.59. The number of nitrogens with one attached hydrogen (secondary N) is 1. The fourth-order valence-electron chi connectivity index (χ4n) is 6.29. The zero-order valence-corrected chi connectivity index (χ0v) is 23.5. The largest absolute Gasteiger partial charge is 0.454 e. The standard InChI is InChI=1S/C30H35N7O4/c1-19-5-6-20(2)27-23(19)15-24(30(38)31-27)28(29-32-33-34-37(29)17-22-4-3-13-39-22)36-11-9-35(10-12-36)16-21-7-8-25-26(14-21)41-18-40-25/h5-8,14-15,22,28H,3-4,9-13,16-18H2,1-2H3,(H,31,38)/t22-,28-/m0/s1. The number of aromatic amines is 1. The summed E-state index contributed by atoms with van der Waals surface area (Å²) in [6, 6.07) is 12.0. The molecule has 3 aliphatic rings. The van der Waals surface area contributed by atoms with Gasteiger partial charge in [0.2, 0.25) is 6.79 Å². The normalized spacial score (nSPS) is 20.2. The van der Waals surface area contributed by atoms with Crippen molar-refractivity contribution in [3.05, 3.63) is 74.8 Å². The third-order valence-electron chi connectivity index (χ3n) is 8.59. The highest BCUT2D eigenvalue weighted by Crippen LogP contribution is 2.34. The number of hydrogen-bond acceptors (Lipinski definition) is 9. The number of benzene rings is 2. The van der Waals surface area contributed by atoms with E-state index in [2.05, 4.69) is 55.4 Å².